The van der Waals surface area contributed by atoms with Gasteiger partial charge in [-0.05, 0) is 49.5 Å². The monoisotopic (exact) mass is 517 g/mol. The van der Waals surface area contributed by atoms with Crippen molar-refractivity contribution in [3.8, 4) is 11.5 Å². The Morgan fingerprint density at radius 1 is 1.06 bits per heavy atom. The summed E-state index contributed by atoms with van der Waals surface area (Å²) >= 11 is 13.7. The van der Waals surface area contributed by atoms with Crippen LogP contribution in [0.15, 0.2) is 36.4 Å². The Morgan fingerprint density at radius 2 is 1.75 bits per heavy atom. The summed E-state index contributed by atoms with van der Waals surface area (Å²) in [6, 6.07) is 10.5. The van der Waals surface area contributed by atoms with Crippen LogP contribution >= 0.6 is 46.9 Å². The number of likely N-dealkylation sites (N-methyl/N-ethyl adjacent to an activating group) is 1. The van der Waals surface area contributed by atoms with Crippen LogP contribution in [-0.2, 0) is 4.79 Å². The van der Waals surface area contributed by atoms with E-state index in [0.29, 0.717) is 38.7 Å². The van der Waals surface area contributed by atoms with Crippen molar-refractivity contribution >= 4 is 68.2 Å². The number of carbonyl (C=O) groups excluding carboxylic acids is 1. The van der Waals surface area contributed by atoms with Crippen molar-refractivity contribution in [2.45, 2.75) is 13.8 Å². The lowest BCUT2D eigenvalue weighted by Crippen LogP contribution is -2.41. The number of methoxy groups -OCH3 is 1. The van der Waals surface area contributed by atoms with Crippen molar-refractivity contribution in [3.63, 3.8) is 0 Å². The molecule has 0 N–H and O–H groups in total. The molecule has 0 spiro atoms. The number of benzene rings is 2. The van der Waals surface area contributed by atoms with E-state index in [2.05, 4.69) is 23.7 Å². The Hall–Kier alpha value is -1.77. The van der Waals surface area contributed by atoms with Gasteiger partial charge < -0.3 is 14.4 Å². The maximum Gasteiger partial charge on any atom is 0.266 e. The van der Waals surface area contributed by atoms with Gasteiger partial charge in [0, 0.05) is 18.1 Å². The van der Waals surface area contributed by atoms with Crippen LogP contribution < -0.4 is 14.4 Å². The van der Waals surface area contributed by atoms with Crippen molar-refractivity contribution in [3.05, 3.63) is 46.4 Å². The maximum atomic E-state index is 13.1. The number of carbonyl (C=O) groups is 1. The Balaban J connectivity index is 0.00000363. The molecule has 3 rings (SSSR count). The van der Waals surface area contributed by atoms with Crippen LogP contribution in [0, 0.1) is 0 Å². The molecule has 3 aromatic rings. The number of fused-ring (bicyclic) bond motifs is 1. The zero-order valence-corrected chi connectivity index (χ0v) is 21.3. The normalized spacial score (nSPS) is 10.8. The van der Waals surface area contributed by atoms with Crippen LogP contribution in [0.5, 0.6) is 11.5 Å². The summed E-state index contributed by atoms with van der Waals surface area (Å²) < 4.78 is 11.9. The number of rotatable bonds is 10. The van der Waals surface area contributed by atoms with Gasteiger partial charge >= 0.3 is 0 Å². The Kier molecular flexibility index (Phi) is 10.3. The lowest BCUT2D eigenvalue weighted by molar-refractivity contribution is -0.120. The number of nitrogens with zero attached hydrogens (tertiary/aromatic N) is 3. The van der Waals surface area contributed by atoms with E-state index in [1.807, 2.05) is 0 Å². The number of aromatic nitrogens is 1. The highest BCUT2D eigenvalue weighted by Gasteiger charge is 2.23. The minimum absolute atomic E-state index is 0. The molecular weight excluding hydrogens is 493 g/mol. The molecule has 1 aromatic heterocycles. The molecule has 0 fully saturated rings. The van der Waals surface area contributed by atoms with E-state index in [1.165, 1.54) is 11.3 Å². The molecule has 0 saturated heterocycles. The standard InChI is InChI=1S/C22H25Cl2N3O3S.ClH/c1-4-26(5-2)12-13-27(19(28)14-30-16-8-6-15(23)7-9-16)22-25-20-18(29-3)11-10-17(24)21(20)31-22;/h6-11H,4-5,12-14H2,1-3H3;1H. The zero-order chi connectivity index (χ0) is 22.4. The molecule has 0 radical (unpaired) electrons. The summed E-state index contributed by atoms with van der Waals surface area (Å²) in [4.78, 5) is 21.7. The van der Waals surface area contributed by atoms with Gasteiger partial charge in [-0.15, -0.1) is 12.4 Å². The number of anilines is 1. The highest BCUT2D eigenvalue weighted by molar-refractivity contribution is 7.23. The first kappa shape index (κ1) is 26.5. The molecule has 0 aliphatic heterocycles. The molecule has 0 bridgehead atoms. The van der Waals surface area contributed by atoms with E-state index >= 15 is 0 Å². The molecule has 174 valence electrons. The van der Waals surface area contributed by atoms with E-state index in [1.54, 1.807) is 48.4 Å². The fourth-order valence-corrected chi connectivity index (χ4v) is 4.51. The molecule has 32 heavy (non-hydrogen) atoms. The molecule has 10 heteroatoms. The molecule has 0 saturated carbocycles. The van der Waals surface area contributed by atoms with Crippen molar-refractivity contribution in [1.82, 2.24) is 9.88 Å². The van der Waals surface area contributed by atoms with E-state index in [9.17, 15) is 4.79 Å². The Labute approximate surface area is 208 Å². The fourth-order valence-electron chi connectivity index (χ4n) is 3.08. The number of ether oxygens (including phenoxy) is 2. The third-order valence-electron chi connectivity index (χ3n) is 4.91. The molecule has 2 aromatic carbocycles. The van der Waals surface area contributed by atoms with Gasteiger partial charge in [0.1, 0.15) is 17.0 Å². The Bertz CT molecular complexity index is 1030. The summed E-state index contributed by atoms with van der Waals surface area (Å²) in [5, 5.41) is 1.76. The van der Waals surface area contributed by atoms with Crippen LogP contribution in [0.3, 0.4) is 0 Å². The zero-order valence-electron chi connectivity index (χ0n) is 18.1. The van der Waals surface area contributed by atoms with Crippen LogP contribution in [0.4, 0.5) is 5.13 Å². The molecule has 1 heterocycles. The Morgan fingerprint density at radius 3 is 2.38 bits per heavy atom. The third kappa shape index (κ3) is 6.39. The molecule has 1 amide bonds. The van der Waals surface area contributed by atoms with Gasteiger partial charge in [0.25, 0.3) is 5.91 Å². The van der Waals surface area contributed by atoms with Crippen LogP contribution in [0.2, 0.25) is 10.0 Å². The first-order valence-electron chi connectivity index (χ1n) is 10.0. The van der Waals surface area contributed by atoms with Gasteiger partial charge in [-0.2, -0.15) is 0 Å². The van der Waals surface area contributed by atoms with E-state index in [4.69, 9.17) is 32.7 Å². The first-order chi connectivity index (χ1) is 15.0. The van der Waals surface area contributed by atoms with E-state index in [-0.39, 0.29) is 24.9 Å². The van der Waals surface area contributed by atoms with Crippen LogP contribution in [0.1, 0.15) is 13.8 Å². The van der Waals surface area contributed by atoms with Gasteiger partial charge in [0.15, 0.2) is 11.7 Å². The maximum absolute atomic E-state index is 13.1. The largest absolute Gasteiger partial charge is 0.494 e. The smallest absolute Gasteiger partial charge is 0.266 e. The summed E-state index contributed by atoms with van der Waals surface area (Å²) in [5.41, 5.74) is 0.647. The SMILES string of the molecule is CCN(CC)CCN(C(=O)COc1ccc(Cl)cc1)c1nc2c(OC)ccc(Cl)c2s1.Cl. The summed E-state index contributed by atoms with van der Waals surface area (Å²) in [6.07, 6.45) is 0. The molecular formula is C22H26Cl3N3O3S. The van der Waals surface area contributed by atoms with Crippen molar-refractivity contribution in [1.29, 1.82) is 0 Å². The lowest BCUT2D eigenvalue weighted by atomic mass is 10.3. The first-order valence-corrected chi connectivity index (χ1v) is 11.6. The van der Waals surface area contributed by atoms with Gasteiger partial charge in [-0.1, -0.05) is 48.4 Å². The minimum Gasteiger partial charge on any atom is -0.494 e. The molecule has 0 atom stereocenters. The molecule has 0 aliphatic carbocycles. The predicted octanol–water partition coefficient (Wildman–Crippen LogP) is 5.79. The second kappa shape index (κ2) is 12.5. The fraction of sp³-hybridized carbons (Fsp3) is 0.364. The average molecular weight is 519 g/mol. The van der Waals surface area contributed by atoms with E-state index < -0.39 is 0 Å². The van der Waals surface area contributed by atoms with Crippen molar-refractivity contribution in [2.24, 2.45) is 0 Å². The number of halogens is 3. The quantitative estimate of drug-likeness (QED) is 0.340. The van der Waals surface area contributed by atoms with E-state index in [0.717, 1.165) is 24.3 Å². The number of hydrogen-bond donors (Lipinski definition) is 0. The average Bonchev–Trinajstić information content (AvgIpc) is 3.22. The minimum atomic E-state index is -0.184. The number of amides is 1. The summed E-state index contributed by atoms with van der Waals surface area (Å²) in [7, 11) is 1.59. The molecule has 0 aliphatic rings. The van der Waals surface area contributed by atoms with Crippen molar-refractivity contribution in [2.75, 3.05) is 44.8 Å². The number of hydrogen-bond acceptors (Lipinski definition) is 6. The van der Waals surface area contributed by atoms with Crippen LogP contribution in [-0.4, -0.2) is 55.7 Å². The summed E-state index contributed by atoms with van der Waals surface area (Å²) in [6.45, 7) is 7.10. The highest BCUT2D eigenvalue weighted by Crippen LogP contribution is 2.38. The van der Waals surface area contributed by atoms with Gasteiger partial charge in [0.05, 0.1) is 16.8 Å². The second-order valence-corrected chi connectivity index (χ2v) is 8.56. The molecule has 0 unspecified atom stereocenters. The lowest BCUT2D eigenvalue weighted by Gasteiger charge is -2.24. The topological polar surface area (TPSA) is 54.9 Å². The molecule has 6 nitrogen and oxygen atoms in total. The second-order valence-electron chi connectivity index (χ2n) is 6.74. The third-order valence-corrected chi connectivity index (χ3v) is 6.70. The highest BCUT2D eigenvalue weighted by atomic mass is 35.5. The number of thiazole rings is 1. The van der Waals surface area contributed by atoms with Gasteiger partial charge in [-0.3, -0.25) is 9.69 Å². The van der Waals surface area contributed by atoms with Crippen molar-refractivity contribution < 1.29 is 14.3 Å². The van der Waals surface area contributed by atoms with Crippen LogP contribution in [0.25, 0.3) is 10.2 Å². The summed E-state index contributed by atoms with van der Waals surface area (Å²) in [5.74, 6) is 1.02. The van der Waals surface area contributed by atoms with Gasteiger partial charge in [-0.25, -0.2) is 4.98 Å². The predicted molar refractivity (Wildman–Crippen MR) is 136 cm³/mol. The van der Waals surface area contributed by atoms with Gasteiger partial charge in [0.2, 0.25) is 0 Å².